The highest BCUT2D eigenvalue weighted by atomic mass is 16.6. The van der Waals surface area contributed by atoms with Gasteiger partial charge in [-0.05, 0) is 31.4 Å². The van der Waals surface area contributed by atoms with Gasteiger partial charge in [0.25, 0.3) is 0 Å². The van der Waals surface area contributed by atoms with E-state index < -0.39 is 6.08 Å². The summed E-state index contributed by atoms with van der Waals surface area (Å²) in [6, 6.07) is 9.11. The molecule has 2 rings (SSSR count). The van der Waals surface area contributed by atoms with Crippen LogP contribution in [-0.4, -0.2) is 12.2 Å². The van der Waals surface area contributed by atoms with Gasteiger partial charge in [0.05, 0.1) is 5.69 Å². The second-order valence-corrected chi connectivity index (χ2v) is 3.73. The molecule has 0 spiro atoms. The lowest BCUT2D eigenvalue weighted by Crippen LogP contribution is -2.27. The maximum Gasteiger partial charge on any atom is 0.151 e. The molecule has 0 N–H and O–H groups in total. The first-order valence-corrected chi connectivity index (χ1v) is 5.49. The predicted octanol–water partition coefficient (Wildman–Crippen LogP) is 2.16. The molecule has 16 heavy (non-hydrogen) atoms. The molecule has 0 fully saturated rings. The summed E-state index contributed by atoms with van der Waals surface area (Å²) >= 11 is 0. The summed E-state index contributed by atoms with van der Waals surface area (Å²) in [6.07, 6.45) is 6.40. The zero-order chi connectivity index (χ0) is 11.2. The van der Waals surface area contributed by atoms with Gasteiger partial charge >= 0.3 is 0 Å². The highest BCUT2D eigenvalue weighted by molar-refractivity contribution is 5.67. The Balaban J connectivity index is 1.97. The van der Waals surface area contributed by atoms with Crippen molar-refractivity contribution in [1.82, 2.24) is 0 Å². The molecular formula is C13H14NO2-. The molecule has 0 heterocycles. The third-order valence-corrected chi connectivity index (χ3v) is 2.44. The number of hydrogen-bond donors (Lipinski definition) is 0. The maximum absolute atomic E-state index is 11.5. The Morgan fingerprint density at radius 1 is 1.31 bits per heavy atom. The monoisotopic (exact) mass is 216 g/mol. The Hall–Kier alpha value is -1.77. The summed E-state index contributed by atoms with van der Waals surface area (Å²) in [6.45, 7) is 0. The van der Waals surface area contributed by atoms with Crippen molar-refractivity contribution in [3.05, 3.63) is 42.5 Å². The van der Waals surface area contributed by atoms with E-state index in [1.165, 1.54) is 0 Å². The van der Waals surface area contributed by atoms with Gasteiger partial charge in [0.1, 0.15) is 0 Å². The Labute approximate surface area is 95.1 Å². The molecule has 3 heteroatoms. The minimum absolute atomic E-state index is 0.103. The lowest BCUT2D eigenvalue weighted by molar-refractivity contribution is -0.253. The summed E-state index contributed by atoms with van der Waals surface area (Å²) in [5, 5.41) is 11.5. The second kappa shape index (κ2) is 5.35. The van der Waals surface area contributed by atoms with Crippen molar-refractivity contribution >= 4 is 11.8 Å². The fourth-order valence-corrected chi connectivity index (χ4v) is 1.64. The average molecular weight is 216 g/mol. The van der Waals surface area contributed by atoms with Crippen LogP contribution in [0.5, 0.6) is 0 Å². The summed E-state index contributed by atoms with van der Waals surface area (Å²) in [5.41, 5.74) is 0.632. The molecule has 0 amide bonds. The van der Waals surface area contributed by atoms with Crippen LogP contribution in [0.15, 0.2) is 47.5 Å². The molecule has 0 aromatic heterocycles. The molecule has 1 unspecified atom stereocenters. The van der Waals surface area contributed by atoms with Crippen molar-refractivity contribution in [2.75, 3.05) is 0 Å². The van der Waals surface area contributed by atoms with E-state index in [1.807, 2.05) is 30.4 Å². The van der Waals surface area contributed by atoms with E-state index in [-0.39, 0.29) is 6.10 Å². The molecule has 0 saturated carbocycles. The lowest BCUT2D eigenvalue weighted by atomic mass is 10.1. The van der Waals surface area contributed by atoms with E-state index in [0.717, 1.165) is 19.3 Å². The van der Waals surface area contributed by atoms with Crippen LogP contribution in [0.1, 0.15) is 19.3 Å². The van der Waals surface area contributed by atoms with Gasteiger partial charge in [0, 0.05) is 6.10 Å². The topological polar surface area (TPSA) is 44.7 Å². The van der Waals surface area contributed by atoms with Crippen molar-refractivity contribution in [2.45, 2.75) is 25.4 Å². The Morgan fingerprint density at radius 3 is 2.81 bits per heavy atom. The zero-order valence-corrected chi connectivity index (χ0v) is 9.00. The SMILES string of the molecule is [O-]C(=Nc1ccccc1)OC1C=CCCC1. The minimum atomic E-state index is -0.511. The number of aliphatic imine (C=N–C) groups is 1. The molecule has 84 valence electrons. The van der Waals surface area contributed by atoms with E-state index in [9.17, 15) is 5.11 Å². The van der Waals surface area contributed by atoms with Gasteiger partial charge in [0.15, 0.2) is 6.08 Å². The van der Waals surface area contributed by atoms with Crippen molar-refractivity contribution in [2.24, 2.45) is 4.99 Å². The van der Waals surface area contributed by atoms with Gasteiger partial charge in [-0.1, -0.05) is 30.4 Å². The van der Waals surface area contributed by atoms with Crippen molar-refractivity contribution in [1.29, 1.82) is 0 Å². The number of benzene rings is 1. The first-order chi connectivity index (χ1) is 7.84. The Kier molecular flexibility index (Phi) is 3.59. The maximum atomic E-state index is 11.5. The molecule has 0 radical (unpaired) electrons. The van der Waals surface area contributed by atoms with Gasteiger partial charge < -0.3 is 9.84 Å². The molecule has 1 aliphatic rings. The fraction of sp³-hybridized carbons (Fsp3) is 0.308. The summed E-state index contributed by atoms with van der Waals surface area (Å²) in [4.78, 5) is 3.86. The number of rotatable bonds is 2. The molecule has 1 aromatic rings. The molecular weight excluding hydrogens is 202 g/mol. The molecule has 1 aliphatic carbocycles. The summed E-state index contributed by atoms with van der Waals surface area (Å²) in [5.74, 6) is 0. The first kappa shape index (κ1) is 10.7. The van der Waals surface area contributed by atoms with E-state index >= 15 is 0 Å². The molecule has 0 bridgehead atoms. The fourth-order valence-electron chi connectivity index (χ4n) is 1.64. The summed E-state index contributed by atoms with van der Waals surface area (Å²) < 4.78 is 5.20. The second-order valence-electron chi connectivity index (χ2n) is 3.73. The van der Waals surface area contributed by atoms with E-state index in [2.05, 4.69) is 4.99 Å². The van der Waals surface area contributed by atoms with Crippen LogP contribution in [0.25, 0.3) is 0 Å². The van der Waals surface area contributed by atoms with Gasteiger partial charge in [-0.2, -0.15) is 0 Å². The summed E-state index contributed by atoms with van der Waals surface area (Å²) in [7, 11) is 0. The Morgan fingerprint density at radius 2 is 2.12 bits per heavy atom. The molecule has 0 aliphatic heterocycles. The largest absolute Gasteiger partial charge is 0.593 e. The van der Waals surface area contributed by atoms with Gasteiger partial charge in [0.2, 0.25) is 0 Å². The number of ether oxygens (including phenoxy) is 1. The highest BCUT2D eigenvalue weighted by Gasteiger charge is 2.04. The average Bonchev–Trinajstić information content (AvgIpc) is 2.31. The van der Waals surface area contributed by atoms with Crippen molar-refractivity contribution < 1.29 is 9.84 Å². The van der Waals surface area contributed by atoms with E-state index in [0.29, 0.717) is 5.69 Å². The quantitative estimate of drug-likeness (QED) is 0.432. The van der Waals surface area contributed by atoms with Gasteiger partial charge in [-0.3, -0.25) is 0 Å². The van der Waals surface area contributed by atoms with Crippen LogP contribution in [0.3, 0.4) is 0 Å². The third kappa shape index (κ3) is 3.12. The van der Waals surface area contributed by atoms with Crippen LogP contribution >= 0.6 is 0 Å². The number of allylic oxidation sites excluding steroid dienone is 1. The van der Waals surface area contributed by atoms with Crippen molar-refractivity contribution in [3.8, 4) is 0 Å². The van der Waals surface area contributed by atoms with Crippen LogP contribution < -0.4 is 5.11 Å². The number of para-hydroxylation sites is 1. The van der Waals surface area contributed by atoms with Crippen LogP contribution in [-0.2, 0) is 4.74 Å². The normalized spacial score (nSPS) is 20.8. The molecule has 3 nitrogen and oxygen atoms in total. The van der Waals surface area contributed by atoms with Gasteiger partial charge in [-0.25, -0.2) is 4.99 Å². The number of hydrogen-bond acceptors (Lipinski definition) is 3. The van der Waals surface area contributed by atoms with Gasteiger partial charge in [-0.15, -0.1) is 0 Å². The van der Waals surface area contributed by atoms with Crippen LogP contribution in [0.4, 0.5) is 5.69 Å². The molecule has 1 atom stereocenters. The van der Waals surface area contributed by atoms with E-state index in [4.69, 9.17) is 4.74 Å². The number of nitrogens with zero attached hydrogens (tertiary/aromatic N) is 1. The lowest BCUT2D eigenvalue weighted by Gasteiger charge is -2.25. The predicted molar refractivity (Wildman–Crippen MR) is 61.4 cm³/mol. The standard InChI is InChI=1S/C13H15NO2/c15-13(14-11-7-3-1-4-8-11)16-12-9-5-2-6-10-12/h1,3-5,7-9,12H,2,6,10H2,(H,14,15)/p-1. The van der Waals surface area contributed by atoms with Crippen molar-refractivity contribution in [3.63, 3.8) is 0 Å². The van der Waals surface area contributed by atoms with E-state index in [1.54, 1.807) is 12.1 Å². The minimum Gasteiger partial charge on any atom is -0.593 e. The highest BCUT2D eigenvalue weighted by Crippen LogP contribution is 2.15. The first-order valence-electron chi connectivity index (χ1n) is 5.49. The van der Waals surface area contributed by atoms with Crippen LogP contribution in [0.2, 0.25) is 0 Å². The smallest absolute Gasteiger partial charge is 0.151 e. The molecule has 0 saturated heterocycles. The molecule has 1 aromatic carbocycles. The van der Waals surface area contributed by atoms with Crippen LogP contribution in [0, 0.1) is 0 Å². The Bertz CT molecular complexity index is 384. The third-order valence-electron chi connectivity index (χ3n) is 2.44. The zero-order valence-electron chi connectivity index (χ0n) is 9.00.